The van der Waals surface area contributed by atoms with Crippen LogP contribution in [0.25, 0.3) is 0 Å². The Hall–Kier alpha value is -2.03. The van der Waals surface area contributed by atoms with Crippen molar-refractivity contribution in [1.29, 1.82) is 0 Å². The van der Waals surface area contributed by atoms with Crippen molar-refractivity contribution in [3.8, 4) is 5.75 Å². The number of nitrogens with two attached hydrogens (primary N) is 1. The molecule has 0 aliphatic heterocycles. The molecule has 82 valence electrons. The van der Waals surface area contributed by atoms with Gasteiger partial charge in [0.15, 0.2) is 0 Å². The summed E-state index contributed by atoms with van der Waals surface area (Å²) in [5, 5.41) is 0. The second-order valence-corrected chi connectivity index (χ2v) is 3.56. The molecular weight excluding hydrogens is 200 g/mol. The summed E-state index contributed by atoms with van der Waals surface area (Å²) in [5.74, 6) is 0.888. The van der Waals surface area contributed by atoms with Crippen LogP contribution in [0.1, 0.15) is 11.1 Å². The zero-order chi connectivity index (χ0) is 11.4. The van der Waals surface area contributed by atoms with Crippen LogP contribution in [0.3, 0.4) is 0 Å². The molecule has 0 aliphatic rings. The van der Waals surface area contributed by atoms with Crippen molar-refractivity contribution < 1.29 is 4.74 Å². The van der Waals surface area contributed by atoms with Gasteiger partial charge in [-0.25, -0.2) is 0 Å². The van der Waals surface area contributed by atoms with Crippen LogP contribution in [-0.4, -0.2) is 12.1 Å². The van der Waals surface area contributed by atoms with E-state index in [1.165, 1.54) is 0 Å². The van der Waals surface area contributed by atoms with Gasteiger partial charge in [0.2, 0.25) is 0 Å². The molecule has 0 amide bonds. The first kappa shape index (κ1) is 10.5. The van der Waals surface area contributed by atoms with Gasteiger partial charge in [0, 0.05) is 12.6 Å². The van der Waals surface area contributed by atoms with Crippen LogP contribution in [0.15, 0.2) is 42.7 Å². The Morgan fingerprint density at radius 3 is 2.75 bits per heavy atom. The first-order valence-electron chi connectivity index (χ1n) is 5.11. The maximum absolute atomic E-state index is 5.86. The molecule has 3 nitrogen and oxygen atoms in total. The van der Waals surface area contributed by atoms with Gasteiger partial charge in [-0.15, -0.1) is 0 Å². The molecule has 0 saturated carbocycles. The van der Waals surface area contributed by atoms with Gasteiger partial charge in [0.1, 0.15) is 5.75 Å². The Bertz CT molecular complexity index is 483. The normalized spacial score (nSPS) is 10.1. The highest BCUT2D eigenvalue weighted by atomic mass is 16.5. The predicted octanol–water partition coefficient (Wildman–Crippen LogP) is 2.26. The highest BCUT2D eigenvalue weighted by molar-refractivity contribution is 5.48. The molecule has 0 unspecified atom stereocenters. The zero-order valence-electron chi connectivity index (χ0n) is 9.18. The van der Waals surface area contributed by atoms with Crippen molar-refractivity contribution >= 4 is 5.69 Å². The number of anilines is 1. The smallest absolute Gasteiger partial charge is 0.122 e. The number of hydrogen-bond donors (Lipinski definition) is 1. The molecule has 0 bridgehead atoms. The summed E-state index contributed by atoms with van der Waals surface area (Å²) in [6.45, 7) is 0. The van der Waals surface area contributed by atoms with Crippen molar-refractivity contribution in [2.24, 2.45) is 0 Å². The second kappa shape index (κ2) is 4.66. The minimum atomic E-state index is 0.716. The quantitative estimate of drug-likeness (QED) is 0.852. The fraction of sp³-hybridized carbons (Fsp3) is 0.154. The lowest BCUT2D eigenvalue weighted by atomic mass is 10.0. The van der Waals surface area contributed by atoms with Gasteiger partial charge in [-0.3, -0.25) is 4.98 Å². The highest BCUT2D eigenvalue weighted by Gasteiger charge is 2.05. The summed E-state index contributed by atoms with van der Waals surface area (Å²) in [6.07, 6.45) is 4.18. The fourth-order valence-corrected chi connectivity index (χ4v) is 1.65. The number of pyridine rings is 1. The van der Waals surface area contributed by atoms with E-state index in [0.29, 0.717) is 5.69 Å². The van der Waals surface area contributed by atoms with Gasteiger partial charge in [-0.2, -0.15) is 0 Å². The Morgan fingerprint density at radius 1 is 1.19 bits per heavy atom. The average molecular weight is 214 g/mol. The molecule has 1 aromatic carbocycles. The van der Waals surface area contributed by atoms with E-state index in [1.54, 1.807) is 19.5 Å². The van der Waals surface area contributed by atoms with Crippen molar-refractivity contribution in [1.82, 2.24) is 4.98 Å². The maximum atomic E-state index is 5.86. The first-order chi connectivity index (χ1) is 7.81. The van der Waals surface area contributed by atoms with Crippen molar-refractivity contribution in [2.75, 3.05) is 12.8 Å². The number of ether oxygens (including phenoxy) is 1. The van der Waals surface area contributed by atoms with E-state index < -0.39 is 0 Å². The van der Waals surface area contributed by atoms with E-state index in [4.69, 9.17) is 10.5 Å². The molecule has 0 spiro atoms. The van der Waals surface area contributed by atoms with Crippen LogP contribution < -0.4 is 10.5 Å². The molecule has 2 N–H and O–H groups in total. The maximum Gasteiger partial charge on any atom is 0.122 e. The standard InChI is InChI=1S/C13H14N2O/c1-16-13-5-3-2-4-11(13)8-10-6-7-15-9-12(10)14/h2-7,9H,8,14H2,1H3. The van der Waals surface area contributed by atoms with Crippen LogP contribution in [0.2, 0.25) is 0 Å². The number of para-hydroxylation sites is 1. The summed E-state index contributed by atoms with van der Waals surface area (Å²) in [7, 11) is 1.68. The summed E-state index contributed by atoms with van der Waals surface area (Å²) in [6, 6.07) is 9.88. The SMILES string of the molecule is COc1ccccc1Cc1ccncc1N. The summed E-state index contributed by atoms with van der Waals surface area (Å²) >= 11 is 0. The average Bonchev–Trinajstić information content (AvgIpc) is 2.33. The van der Waals surface area contributed by atoms with Crippen LogP contribution >= 0.6 is 0 Å². The van der Waals surface area contributed by atoms with Gasteiger partial charge in [-0.05, 0) is 23.3 Å². The van der Waals surface area contributed by atoms with Crippen molar-refractivity contribution in [2.45, 2.75) is 6.42 Å². The van der Waals surface area contributed by atoms with E-state index in [-0.39, 0.29) is 0 Å². The van der Waals surface area contributed by atoms with E-state index in [2.05, 4.69) is 4.98 Å². The fourth-order valence-electron chi connectivity index (χ4n) is 1.65. The molecule has 1 heterocycles. The molecule has 2 aromatic rings. The van der Waals surface area contributed by atoms with Gasteiger partial charge in [0.05, 0.1) is 19.0 Å². The minimum Gasteiger partial charge on any atom is -0.496 e. The summed E-state index contributed by atoms with van der Waals surface area (Å²) in [5.41, 5.74) is 8.77. The van der Waals surface area contributed by atoms with Gasteiger partial charge >= 0.3 is 0 Å². The van der Waals surface area contributed by atoms with Crippen LogP contribution in [0.4, 0.5) is 5.69 Å². The molecule has 0 fully saturated rings. The van der Waals surface area contributed by atoms with E-state index in [1.807, 2.05) is 30.3 Å². The van der Waals surface area contributed by atoms with Crippen molar-refractivity contribution in [3.05, 3.63) is 53.9 Å². The van der Waals surface area contributed by atoms with Crippen LogP contribution in [0, 0.1) is 0 Å². The number of benzene rings is 1. The zero-order valence-corrected chi connectivity index (χ0v) is 9.18. The Kier molecular flexibility index (Phi) is 3.05. The third-order valence-electron chi connectivity index (χ3n) is 2.52. The molecular formula is C13H14N2O. The number of nitrogens with zero attached hydrogens (tertiary/aromatic N) is 1. The second-order valence-electron chi connectivity index (χ2n) is 3.56. The van der Waals surface area contributed by atoms with E-state index >= 15 is 0 Å². The number of nitrogen functional groups attached to an aromatic ring is 1. The first-order valence-corrected chi connectivity index (χ1v) is 5.11. The monoisotopic (exact) mass is 214 g/mol. The molecule has 2 rings (SSSR count). The number of aromatic nitrogens is 1. The van der Waals surface area contributed by atoms with Crippen LogP contribution in [0.5, 0.6) is 5.75 Å². The minimum absolute atomic E-state index is 0.716. The molecule has 1 aromatic heterocycles. The molecule has 0 atom stereocenters. The third kappa shape index (κ3) is 2.14. The van der Waals surface area contributed by atoms with E-state index in [0.717, 1.165) is 23.3 Å². The Morgan fingerprint density at radius 2 is 2.00 bits per heavy atom. The highest BCUT2D eigenvalue weighted by Crippen LogP contribution is 2.22. The number of methoxy groups -OCH3 is 1. The lowest BCUT2D eigenvalue weighted by Gasteiger charge is -2.09. The molecule has 0 aliphatic carbocycles. The van der Waals surface area contributed by atoms with Crippen molar-refractivity contribution in [3.63, 3.8) is 0 Å². The molecule has 3 heteroatoms. The number of hydrogen-bond acceptors (Lipinski definition) is 3. The largest absolute Gasteiger partial charge is 0.496 e. The van der Waals surface area contributed by atoms with Gasteiger partial charge < -0.3 is 10.5 Å². The lowest BCUT2D eigenvalue weighted by Crippen LogP contribution is -1.98. The third-order valence-corrected chi connectivity index (χ3v) is 2.52. The van der Waals surface area contributed by atoms with Gasteiger partial charge in [0.25, 0.3) is 0 Å². The Labute approximate surface area is 94.9 Å². The molecule has 0 saturated heterocycles. The van der Waals surface area contributed by atoms with E-state index in [9.17, 15) is 0 Å². The topological polar surface area (TPSA) is 48.1 Å². The molecule has 0 radical (unpaired) electrons. The Balaban J connectivity index is 2.30. The number of rotatable bonds is 3. The summed E-state index contributed by atoms with van der Waals surface area (Å²) in [4.78, 5) is 3.97. The lowest BCUT2D eigenvalue weighted by molar-refractivity contribution is 0.410. The van der Waals surface area contributed by atoms with Gasteiger partial charge in [-0.1, -0.05) is 18.2 Å². The van der Waals surface area contributed by atoms with Crippen LogP contribution in [-0.2, 0) is 6.42 Å². The predicted molar refractivity (Wildman–Crippen MR) is 64.4 cm³/mol. The molecule has 16 heavy (non-hydrogen) atoms. The summed E-state index contributed by atoms with van der Waals surface area (Å²) < 4.78 is 5.30.